The van der Waals surface area contributed by atoms with Crippen LogP contribution in [0.5, 0.6) is 5.75 Å². The standard InChI is InChI=1S/C13H18N2O2S/c1-17-11-4-6-18-12(11)13(16)15-5-2-3-9-7-14-8-10(9)15/h4,6,9-10,14H,2-3,5,7-8H2,1H3. The highest BCUT2D eigenvalue weighted by Gasteiger charge is 2.38. The van der Waals surface area contributed by atoms with Crippen LogP contribution in [0.25, 0.3) is 0 Å². The van der Waals surface area contributed by atoms with Crippen LogP contribution in [0.1, 0.15) is 22.5 Å². The van der Waals surface area contributed by atoms with E-state index in [1.165, 1.54) is 17.8 Å². The van der Waals surface area contributed by atoms with E-state index in [1.54, 1.807) is 7.11 Å². The second-order valence-electron chi connectivity index (χ2n) is 4.94. The lowest BCUT2D eigenvalue weighted by atomic mass is 9.92. The Bertz CT molecular complexity index is 446. The quantitative estimate of drug-likeness (QED) is 0.883. The predicted octanol–water partition coefficient (Wildman–Crippen LogP) is 1.58. The molecule has 4 nitrogen and oxygen atoms in total. The Labute approximate surface area is 111 Å². The van der Waals surface area contributed by atoms with Crippen LogP contribution in [-0.2, 0) is 0 Å². The third kappa shape index (κ3) is 1.91. The van der Waals surface area contributed by atoms with Crippen LogP contribution in [0.3, 0.4) is 0 Å². The van der Waals surface area contributed by atoms with Gasteiger partial charge >= 0.3 is 0 Å². The van der Waals surface area contributed by atoms with E-state index in [-0.39, 0.29) is 5.91 Å². The number of rotatable bonds is 2. The number of nitrogens with one attached hydrogen (secondary N) is 1. The Kier molecular flexibility index (Phi) is 3.26. The van der Waals surface area contributed by atoms with E-state index in [4.69, 9.17) is 4.74 Å². The highest BCUT2D eigenvalue weighted by atomic mass is 32.1. The van der Waals surface area contributed by atoms with Gasteiger partial charge in [-0.25, -0.2) is 0 Å². The molecule has 2 aliphatic rings. The number of hydrogen-bond acceptors (Lipinski definition) is 4. The number of nitrogens with zero attached hydrogens (tertiary/aromatic N) is 1. The monoisotopic (exact) mass is 266 g/mol. The summed E-state index contributed by atoms with van der Waals surface area (Å²) in [6, 6.07) is 2.24. The van der Waals surface area contributed by atoms with Crippen LogP contribution in [-0.4, -0.2) is 43.6 Å². The molecule has 1 N–H and O–H groups in total. The van der Waals surface area contributed by atoms with Crippen LogP contribution >= 0.6 is 11.3 Å². The van der Waals surface area contributed by atoms with Crippen molar-refractivity contribution in [3.63, 3.8) is 0 Å². The lowest BCUT2D eigenvalue weighted by Gasteiger charge is -2.36. The normalized spacial score (nSPS) is 27.1. The molecule has 2 saturated heterocycles. The van der Waals surface area contributed by atoms with Crippen molar-refractivity contribution in [1.82, 2.24) is 10.2 Å². The van der Waals surface area contributed by atoms with Gasteiger partial charge in [0, 0.05) is 25.7 Å². The number of carbonyl (C=O) groups excluding carboxylic acids is 1. The molecular weight excluding hydrogens is 248 g/mol. The third-order valence-electron chi connectivity index (χ3n) is 3.98. The number of methoxy groups -OCH3 is 1. The fourth-order valence-electron chi connectivity index (χ4n) is 3.06. The third-order valence-corrected chi connectivity index (χ3v) is 4.87. The second kappa shape index (κ2) is 4.90. The molecular formula is C13H18N2O2S. The Morgan fingerprint density at radius 1 is 1.56 bits per heavy atom. The molecule has 0 aromatic carbocycles. The minimum atomic E-state index is 0.139. The van der Waals surface area contributed by atoms with Gasteiger partial charge < -0.3 is 15.0 Å². The van der Waals surface area contributed by atoms with Crippen molar-refractivity contribution >= 4 is 17.2 Å². The molecule has 5 heteroatoms. The van der Waals surface area contributed by atoms with E-state index in [0.717, 1.165) is 30.9 Å². The van der Waals surface area contributed by atoms with Crippen molar-refractivity contribution in [1.29, 1.82) is 0 Å². The molecule has 1 amide bonds. The number of amides is 1. The van der Waals surface area contributed by atoms with Crippen LogP contribution in [0.15, 0.2) is 11.4 Å². The van der Waals surface area contributed by atoms with Gasteiger partial charge in [-0.1, -0.05) is 0 Å². The first-order valence-electron chi connectivity index (χ1n) is 6.44. The van der Waals surface area contributed by atoms with Crippen LogP contribution in [0.2, 0.25) is 0 Å². The van der Waals surface area contributed by atoms with Gasteiger partial charge in [0.1, 0.15) is 10.6 Å². The van der Waals surface area contributed by atoms with Crippen LogP contribution < -0.4 is 10.1 Å². The highest BCUT2D eigenvalue weighted by Crippen LogP contribution is 2.31. The molecule has 2 fully saturated rings. The summed E-state index contributed by atoms with van der Waals surface area (Å²) in [5.74, 6) is 1.48. The summed E-state index contributed by atoms with van der Waals surface area (Å²) < 4.78 is 5.26. The molecule has 0 saturated carbocycles. The first-order valence-corrected chi connectivity index (χ1v) is 7.32. The Morgan fingerprint density at radius 2 is 2.44 bits per heavy atom. The Hall–Kier alpha value is -1.07. The largest absolute Gasteiger partial charge is 0.495 e. The maximum absolute atomic E-state index is 12.6. The molecule has 0 radical (unpaired) electrons. The topological polar surface area (TPSA) is 41.6 Å². The lowest BCUT2D eigenvalue weighted by Crippen LogP contribution is -2.48. The van der Waals surface area contributed by atoms with Gasteiger partial charge in [-0.3, -0.25) is 4.79 Å². The second-order valence-corrected chi connectivity index (χ2v) is 5.86. The van der Waals surface area contributed by atoms with Gasteiger partial charge in [-0.2, -0.15) is 0 Å². The summed E-state index contributed by atoms with van der Waals surface area (Å²) in [7, 11) is 1.62. The van der Waals surface area contributed by atoms with Gasteiger partial charge in [-0.15, -0.1) is 11.3 Å². The minimum absolute atomic E-state index is 0.139. The maximum atomic E-state index is 12.6. The predicted molar refractivity (Wildman–Crippen MR) is 71.3 cm³/mol. The molecule has 0 bridgehead atoms. The van der Waals surface area contributed by atoms with Gasteiger partial charge in [0.05, 0.1) is 7.11 Å². The summed E-state index contributed by atoms with van der Waals surface area (Å²) >= 11 is 1.47. The fraction of sp³-hybridized carbons (Fsp3) is 0.615. The summed E-state index contributed by atoms with van der Waals surface area (Å²) in [6.45, 7) is 2.86. The number of carbonyl (C=O) groups is 1. The van der Waals surface area contributed by atoms with E-state index in [2.05, 4.69) is 5.32 Å². The van der Waals surface area contributed by atoms with E-state index in [9.17, 15) is 4.79 Å². The van der Waals surface area contributed by atoms with E-state index >= 15 is 0 Å². The number of fused-ring (bicyclic) bond motifs is 1. The zero-order chi connectivity index (χ0) is 12.5. The molecule has 2 atom stereocenters. The van der Waals surface area contributed by atoms with E-state index in [1.807, 2.05) is 16.3 Å². The number of likely N-dealkylation sites (tertiary alicyclic amines) is 1. The van der Waals surface area contributed by atoms with Crippen molar-refractivity contribution < 1.29 is 9.53 Å². The molecule has 98 valence electrons. The van der Waals surface area contributed by atoms with Crippen molar-refractivity contribution in [3.8, 4) is 5.75 Å². The molecule has 1 aromatic heterocycles. The lowest BCUT2D eigenvalue weighted by molar-refractivity contribution is 0.0577. The van der Waals surface area contributed by atoms with Crippen molar-refractivity contribution in [3.05, 3.63) is 16.3 Å². The van der Waals surface area contributed by atoms with E-state index in [0.29, 0.717) is 17.7 Å². The van der Waals surface area contributed by atoms with Gasteiger partial charge in [0.25, 0.3) is 5.91 Å². The Balaban J connectivity index is 1.83. The van der Waals surface area contributed by atoms with Gasteiger partial charge in [0.15, 0.2) is 0 Å². The first-order chi connectivity index (χ1) is 8.81. The molecule has 3 heterocycles. The van der Waals surface area contributed by atoms with E-state index < -0.39 is 0 Å². The van der Waals surface area contributed by atoms with Crippen molar-refractivity contribution in [2.45, 2.75) is 18.9 Å². The summed E-state index contributed by atoms with van der Waals surface area (Å²) in [4.78, 5) is 15.4. The average molecular weight is 266 g/mol. The number of hydrogen-bond donors (Lipinski definition) is 1. The van der Waals surface area contributed by atoms with Crippen molar-refractivity contribution in [2.24, 2.45) is 5.92 Å². The minimum Gasteiger partial charge on any atom is -0.495 e. The zero-order valence-corrected chi connectivity index (χ0v) is 11.3. The number of ether oxygens (including phenoxy) is 1. The maximum Gasteiger partial charge on any atom is 0.268 e. The summed E-state index contributed by atoms with van der Waals surface area (Å²) in [5, 5.41) is 5.32. The molecule has 18 heavy (non-hydrogen) atoms. The summed E-state index contributed by atoms with van der Waals surface area (Å²) in [5.41, 5.74) is 0. The SMILES string of the molecule is COc1ccsc1C(=O)N1CCCC2CNCC21. The summed E-state index contributed by atoms with van der Waals surface area (Å²) in [6.07, 6.45) is 2.35. The zero-order valence-electron chi connectivity index (χ0n) is 10.5. The molecule has 0 spiro atoms. The molecule has 0 aliphatic carbocycles. The number of thiophene rings is 1. The molecule has 2 aliphatic heterocycles. The Morgan fingerprint density at radius 3 is 3.28 bits per heavy atom. The van der Waals surface area contributed by atoms with Crippen LogP contribution in [0.4, 0.5) is 0 Å². The smallest absolute Gasteiger partial charge is 0.268 e. The molecule has 3 rings (SSSR count). The van der Waals surface area contributed by atoms with Crippen molar-refractivity contribution in [2.75, 3.05) is 26.7 Å². The fourth-order valence-corrected chi connectivity index (χ4v) is 3.88. The highest BCUT2D eigenvalue weighted by molar-refractivity contribution is 7.12. The average Bonchev–Trinajstić information content (AvgIpc) is 3.05. The first kappa shape index (κ1) is 12.0. The van der Waals surface area contributed by atoms with Crippen LogP contribution in [0, 0.1) is 5.92 Å². The van der Waals surface area contributed by atoms with Gasteiger partial charge in [0.2, 0.25) is 0 Å². The molecule has 1 aromatic rings. The number of piperidine rings is 1. The molecule has 2 unspecified atom stereocenters. The van der Waals surface area contributed by atoms with Gasteiger partial charge in [-0.05, 0) is 30.2 Å².